The number of fused-ring (bicyclic) bond motifs is 2. The SMILES string of the molecule is CCN1C(=O)C(C)(C)C(=O)N(C)c2cc(CN(C(=O)OC(C)(C)C)C(C)c3ccc4c(c3)NC(=O)CC4)ccc21. The standard InChI is InChI=1S/C31H40N4O5/c1-9-34-24-14-10-20(16-25(24)33(8)27(37)31(6,7)28(34)38)18-35(29(39)40-30(3,4)5)19(2)22-12-11-21-13-15-26(36)32-23(21)17-22/h10-12,14,16-17,19H,9,13,15,18H2,1-8H3,(H,32,36). The number of amides is 4. The second kappa shape index (κ2) is 10.6. The summed E-state index contributed by atoms with van der Waals surface area (Å²) in [4.78, 5) is 56.9. The molecule has 1 unspecified atom stereocenters. The summed E-state index contributed by atoms with van der Waals surface area (Å²) >= 11 is 0. The van der Waals surface area contributed by atoms with Gasteiger partial charge in [0.1, 0.15) is 11.0 Å². The van der Waals surface area contributed by atoms with E-state index in [9.17, 15) is 19.2 Å². The predicted molar refractivity (Wildman–Crippen MR) is 155 cm³/mol. The molecule has 9 nitrogen and oxygen atoms in total. The number of rotatable bonds is 5. The summed E-state index contributed by atoms with van der Waals surface area (Å²) in [5.41, 5.74) is 2.83. The molecule has 0 saturated carbocycles. The highest BCUT2D eigenvalue weighted by Gasteiger charge is 2.45. The highest BCUT2D eigenvalue weighted by Crippen LogP contribution is 2.39. The number of anilines is 3. The Bertz CT molecular complexity index is 1360. The topological polar surface area (TPSA) is 99.3 Å². The van der Waals surface area contributed by atoms with Crippen molar-refractivity contribution in [2.24, 2.45) is 5.41 Å². The quantitative estimate of drug-likeness (QED) is 0.503. The molecule has 4 rings (SSSR count). The van der Waals surface area contributed by atoms with E-state index in [1.165, 1.54) is 4.90 Å². The van der Waals surface area contributed by atoms with Gasteiger partial charge in [0.25, 0.3) is 0 Å². The number of hydrogen-bond donors (Lipinski definition) is 1. The average Bonchev–Trinajstić information content (AvgIpc) is 2.93. The Balaban J connectivity index is 1.72. The highest BCUT2D eigenvalue weighted by molar-refractivity contribution is 6.19. The molecular weight excluding hydrogens is 508 g/mol. The molecule has 0 aliphatic carbocycles. The molecular formula is C31H40N4O5. The summed E-state index contributed by atoms with van der Waals surface area (Å²) in [5, 5.41) is 2.94. The van der Waals surface area contributed by atoms with Crippen LogP contribution in [0.15, 0.2) is 36.4 Å². The van der Waals surface area contributed by atoms with E-state index in [2.05, 4.69) is 5.32 Å². The van der Waals surface area contributed by atoms with Crippen molar-refractivity contribution in [1.29, 1.82) is 0 Å². The number of ether oxygens (including phenoxy) is 1. The Morgan fingerprint density at radius 3 is 2.40 bits per heavy atom. The Kier molecular flexibility index (Phi) is 7.71. The lowest BCUT2D eigenvalue weighted by molar-refractivity contribution is -0.137. The summed E-state index contributed by atoms with van der Waals surface area (Å²) in [6.45, 7) is 13.2. The van der Waals surface area contributed by atoms with Crippen LogP contribution in [0.1, 0.15) is 77.6 Å². The Hall–Kier alpha value is -3.88. The second-order valence-electron chi connectivity index (χ2n) is 12.1. The molecule has 2 aliphatic rings. The van der Waals surface area contributed by atoms with E-state index < -0.39 is 17.1 Å². The summed E-state index contributed by atoms with van der Waals surface area (Å²) in [6, 6.07) is 11.1. The van der Waals surface area contributed by atoms with Crippen LogP contribution in [0.25, 0.3) is 0 Å². The molecule has 0 aromatic heterocycles. The van der Waals surface area contributed by atoms with Gasteiger partial charge in [0, 0.05) is 32.2 Å². The summed E-state index contributed by atoms with van der Waals surface area (Å²) in [6.07, 6.45) is 0.660. The van der Waals surface area contributed by atoms with E-state index >= 15 is 0 Å². The van der Waals surface area contributed by atoms with Gasteiger partial charge in [-0.1, -0.05) is 18.2 Å². The van der Waals surface area contributed by atoms with E-state index in [4.69, 9.17) is 4.74 Å². The first-order valence-corrected chi connectivity index (χ1v) is 13.8. The Morgan fingerprint density at radius 1 is 1.05 bits per heavy atom. The van der Waals surface area contributed by atoms with Gasteiger partial charge in [-0.15, -0.1) is 0 Å². The maximum absolute atomic E-state index is 13.5. The first-order valence-electron chi connectivity index (χ1n) is 13.8. The van der Waals surface area contributed by atoms with Gasteiger partial charge in [0.15, 0.2) is 0 Å². The van der Waals surface area contributed by atoms with E-state index in [-0.39, 0.29) is 30.3 Å². The zero-order chi connectivity index (χ0) is 29.6. The van der Waals surface area contributed by atoms with Crippen LogP contribution in [0.2, 0.25) is 0 Å². The number of benzene rings is 2. The normalized spacial score (nSPS) is 17.4. The molecule has 40 heavy (non-hydrogen) atoms. The number of nitrogens with zero attached hydrogens (tertiary/aromatic N) is 3. The van der Waals surface area contributed by atoms with Crippen LogP contribution in [-0.4, -0.2) is 47.9 Å². The third-order valence-electron chi connectivity index (χ3n) is 7.59. The largest absolute Gasteiger partial charge is 0.444 e. The Morgan fingerprint density at radius 2 is 1.75 bits per heavy atom. The highest BCUT2D eigenvalue weighted by atomic mass is 16.6. The van der Waals surface area contributed by atoms with Gasteiger partial charge in [-0.2, -0.15) is 0 Å². The molecule has 0 spiro atoms. The van der Waals surface area contributed by atoms with Crippen LogP contribution >= 0.6 is 0 Å². The number of aryl methyl sites for hydroxylation is 1. The molecule has 0 radical (unpaired) electrons. The monoisotopic (exact) mass is 548 g/mol. The van der Waals surface area contributed by atoms with Crippen molar-refractivity contribution in [3.8, 4) is 0 Å². The number of carbonyl (C=O) groups is 4. The minimum atomic E-state index is -1.21. The zero-order valence-corrected chi connectivity index (χ0v) is 24.8. The van der Waals surface area contributed by atoms with Gasteiger partial charge in [0.2, 0.25) is 17.7 Å². The predicted octanol–water partition coefficient (Wildman–Crippen LogP) is 5.43. The molecule has 9 heteroatoms. The first-order chi connectivity index (χ1) is 18.6. The van der Waals surface area contributed by atoms with Crippen molar-refractivity contribution in [2.45, 2.75) is 79.5 Å². The molecule has 0 saturated heterocycles. The number of hydrogen-bond acceptors (Lipinski definition) is 5. The maximum atomic E-state index is 13.5. The lowest BCUT2D eigenvalue weighted by atomic mass is 9.90. The van der Waals surface area contributed by atoms with Crippen LogP contribution in [0.3, 0.4) is 0 Å². The molecule has 1 N–H and O–H groups in total. The molecule has 2 heterocycles. The van der Waals surface area contributed by atoms with Crippen LogP contribution < -0.4 is 15.1 Å². The molecule has 2 aliphatic heterocycles. The summed E-state index contributed by atoms with van der Waals surface area (Å²) < 4.78 is 5.79. The zero-order valence-electron chi connectivity index (χ0n) is 24.8. The van der Waals surface area contributed by atoms with Gasteiger partial charge in [-0.05, 0) is 89.8 Å². The summed E-state index contributed by atoms with van der Waals surface area (Å²) in [5.74, 6) is -0.560. The summed E-state index contributed by atoms with van der Waals surface area (Å²) in [7, 11) is 1.68. The maximum Gasteiger partial charge on any atom is 0.411 e. The van der Waals surface area contributed by atoms with Gasteiger partial charge < -0.3 is 19.9 Å². The molecule has 0 bridgehead atoms. The van der Waals surface area contributed by atoms with Gasteiger partial charge in [-0.25, -0.2) is 4.79 Å². The first kappa shape index (κ1) is 29.1. The molecule has 1 atom stereocenters. The number of nitrogens with one attached hydrogen (secondary N) is 1. The second-order valence-corrected chi connectivity index (χ2v) is 12.1. The molecule has 2 aromatic rings. The van der Waals surface area contributed by atoms with Crippen LogP contribution in [0.5, 0.6) is 0 Å². The smallest absolute Gasteiger partial charge is 0.411 e. The minimum Gasteiger partial charge on any atom is -0.444 e. The lowest BCUT2D eigenvalue weighted by Gasteiger charge is -2.33. The fourth-order valence-electron chi connectivity index (χ4n) is 5.25. The van der Waals surface area contributed by atoms with E-state index in [1.807, 2.05) is 71.0 Å². The Labute approximate surface area is 236 Å². The molecule has 0 fully saturated rings. The van der Waals surface area contributed by atoms with E-state index in [1.54, 1.807) is 30.7 Å². The van der Waals surface area contributed by atoms with Crippen LogP contribution in [-0.2, 0) is 32.1 Å². The van der Waals surface area contributed by atoms with Crippen molar-refractivity contribution < 1.29 is 23.9 Å². The van der Waals surface area contributed by atoms with Crippen molar-refractivity contribution in [1.82, 2.24) is 4.90 Å². The van der Waals surface area contributed by atoms with Crippen molar-refractivity contribution in [3.05, 3.63) is 53.1 Å². The third-order valence-corrected chi connectivity index (χ3v) is 7.59. The van der Waals surface area contributed by atoms with Crippen LogP contribution in [0, 0.1) is 5.41 Å². The van der Waals surface area contributed by atoms with E-state index in [0.717, 1.165) is 22.4 Å². The van der Waals surface area contributed by atoms with Gasteiger partial charge >= 0.3 is 6.09 Å². The van der Waals surface area contributed by atoms with Gasteiger partial charge in [0.05, 0.1) is 17.4 Å². The van der Waals surface area contributed by atoms with Gasteiger partial charge in [-0.3, -0.25) is 19.3 Å². The van der Waals surface area contributed by atoms with Crippen molar-refractivity contribution in [3.63, 3.8) is 0 Å². The third kappa shape index (κ3) is 5.55. The molecule has 4 amide bonds. The lowest BCUT2D eigenvalue weighted by Crippen LogP contribution is -2.47. The minimum absolute atomic E-state index is 0.0206. The fraction of sp³-hybridized carbons (Fsp3) is 0.484. The van der Waals surface area contributed by atoms with Crippen molar-refractivity contribution >= 4 is 40.9 Å². The van der Waals surface area contributed by atoms with E-state index in [0.29, 0.717) is 30.8 Å². The molecule has 214 valence electrons. The number of carbonyl (C=O) groups excluding carboxylic acids is 4. The fourth-order valence-corrected chi connectivity index (χ4v) is 5.25. The molecule has 2 aromatic carbocycles. The van der Waals surface area contributed by atoms with Crippen LogP contribution in [0.4, 0.5) is 21.9 Å². The van der Waals surface area contributed by atoms with Crippen molar-refractivity contribution in [2.75, 3.05) is 28.7 Å². The average molecular weight is 549 g/mol.